The van der Waals surface area contributed by atoms with Gasteiger partial charge < -0.3 is 5.73 Å². The van der Waals surface area contributed by atoms with Crippen molar-refractivity contribution in [2.24, 2.45) is 0 Å². The number of halogens is 2. The van der Waals surface area contributed by atoms with Crippen LogP contribution in [0.2, 0.25) is 5.02 Å². The molecule has 0 saturated heterocycles. The van der Waals surface area contributed by atoms with Crippen molar-refractivity contribution in [2.45, 2.75) is 0 Å². The summed E-state index contributed by atoms with van der Waals surface area (Å²) in [6.07, 6.45) is 0. The van der Waals surface area contributed by atoms with Gasteiger partial charge in [0.15, 0.2) is 0 Å². The van der Waals surface area contributed by atoms with Crippen LogP contribution in [0.4, 0.5) is 10.1 Å². The molecule has 15 heavy (non-hydrogen) atoms. The number of nitrogen functional groups attached to an aromatic ring is 1. The van der Waals surface area contributed by atoms with Crippen LogP contribution in [0.1, 0.15) is 0 Å². The minimum atomic E-state index is -0.329. The number of anilines is 1. The van der Waals surface area contributed by atoms with Crippen molar-refractivity contribution in [3.05, 3.63) is 53.3 Å². The van der Waals surface area contributed by atoms with Crippen LogP contribution in [-0.2, 0) is 0 Å². The quantitative estimate of drug-likeness (QED) is 0.730. The van der Waals surface area contributed by atoms with Crippen molar-refractivity contribution in [3.63, 3.8) is 0 Å². The minimum Gasteiger partial charge on any atom is -0.398 e. The summed E-state index contributed by atoms with van der Waals surface area (Å²) in [5, 5.41) is 0.666. The summed E-state index contributed by atoms with van der Waals surface area (Å²) in [5.74, 6) is -0.329. The number of hydrogen-bond donors (Lipinski definition) is 1. The molecule has 0 fully saturated rings. The van der Waals surface area contributed by atoms with Gasteiger partial charge in [-0.25, -0.2) is 4.39 Å². The summed E-state index contributed by atoms with van der Waals surface area (Å²) in [4.78, 5) is 0. The van der Waals surface area contributed by atoms with E-state index in [4.69, 9.17) is 17.3 Å². The van der Waals surface area contributed by atoms with Crippen molar-refractivity contribution in [1.29, 1.82) is 0 Å². The van der Waals surface area contributed by atoms with E-state index in [-0.39, 0.29) is 5.82 Å². The van der Waals surface area contributed by atoms with E-state index in [1.54, 1.807) is 18.2 Å². The van der Waals surface area contributed by atoms with Gasteiger partial charge in [0.2, 0.25) is 0 Å². The van der Waals surface area contributed by atoms with Crippen LogP contribution in [0.25, 0.3) is 11.1 Å². The third kappa shape index (κ3) is 2.10. The van der Waals surface area contributed by atoms with Gasteiger partial charge in [-0.2, -0.15) is 0 Å². The molecular weight excluding hydrogens is 213 g/mol. The second-order valence-electron chi connectivity index (χ2n) is 3.24. The van der Waals surface area contributed by atoms with Crippen LogP contribution >= 0.6 is 11.6 Å². The lowest BCUT2D eigenvalue weighted by molar-refractivity contribution is 0.628. The summed E-state index contributed by atoms with van der Waals surface area (Å²) in [6.45, 7) is 0. The maximum atomic E-state index is 12.8. The Morgan fingerprint density at radius 2 is 1.67 bits per heavy atom. The third-order valence-electron chi connectivity index (χ3n) is 2.17. The highest BCUT2D eigenvalue weighted by molar-refractivity contribution is 6.30. The molecule has 3 heteroatoms. The Hall–Kier alpha value is -1.54. The van der Waals surface area contributed by atoms with Gasteiger partial charge in [-0.3, -0.25) is 0 Å². The molecule has 0 heterocycles. The lowest BCUT2D eigenvalue weighted by Gasteiger charge is -2.05. The molecule has 2 aromatic rings. The molecule has 0 saturated carbocycles. The Balaban J connectivity index is 2.49. The second-order valence-corrected chi connectivity index (χ2v) is 3.67. The van der Waals surface area contributed by atoms with Gasteiger partial charge in [0.25, 0.3) is 0 Å². The molecule has 2 rings (SSSR count). The molecule has 0 bridgehead atoms. The highest BCUT2D eigenvalue weighted by Gasteiger charge is 2.03. The molecule has 0 aliphatic carbocycles. The van der Waals surface area contributed by atoms with Crippen molar-refractivity contribution in [2.75, 3.05) is 5.73 Å². The first-order valence-electron chi connectivity index (χ1n) is 4.48. The number of nitrogens with two attached hydrogens (primary N) is 1. The first-order chi connectivity index (χ1) is 7.16. The van der Waals surface area contributed by atoms with Gasteiger partial charge in [0, 0.05) is 16.3 Å². The van der Waals surface area contributed by atoms with Crippen LogP contribution in [0.5, 0.6) is 0 Å². The molecule has 0 aromatic heterocycles. The first-order valence-corrected chi connectivity index (χ1v) is 4.85. The summed E-state index contributed by atoms with van der Waals surface area (Å²) < 4.78 is 12.8. The lowest BCUT2D eigenvalue weighted by Crippen LogP contribution is -1.90. The van der Waals surface area contributed by atoms with Crippen molar-refractivity contribution in [3.8, 4) is 11.1 Å². The van der Waals surface area contributed by atoms with Crippen molar-refractivity contribution < 1.29 is 4.39 Å². The standard InChI is InChI=1S/C12H9ClFN/c13-9-3-1-8(2-4-9)11-6-5-10(14)7-12(11)15/h1-7H,15H2. The summed E-state index contributed by atoms with van der Waals surface area (Å²) >= 11 is 5.77. The Morgan fingerprint density at radius 1 is 1.00 bits per heavy atom. The van der Waals surface area contributed by atoms with E-state index in [9.17, 15) is 4.39 Å². The van der Waals surface area contributed by atoms with Gasteiger partial charge >= 0.3 is 0 Å². The van der Waals surface area contributed by atoms with Gasteiger partial charge in [-0.15, -0.1) is 0 Å². The van der Waals surface area contributed by atoms with E-state index in [2.05, 4.69) is 0 Å². The Kier molecular flexibility index (Phi) is 2.60. The average Bonchev–Trinajstić information content (AvgIpc) is 2.20. The van der Waals surface area contributed by atoms with E-state index in [1.165, 1.54) is 12.1 Å². The van der Waals surface area contributed by atoms with Crippen LogP contribution in [-0.4, -0.2) is 0 Å². The highest BCUT2D eigenvalue weighted by Crippen LogP contribution is 2.27. The molecule has 0 unspecified atom stereocenters. The predicted molar refractivity (Wildman–Crippen MR) is 61.3 cm³/mol. The fraction of sp³-hybridized carbons (Fsp3) is 0. The van der Waals surface area contributed by atoms with E-state index in [0.717, 1.165) is 11.1 Å². The van der Waals surface area contributed by atoms with Gasteiger partial charge in [-0.1, -0.05) is 23.7 Å². The Bertz CT molecular complexity index is 479. The molecule has 0 aliphatic rings. The van der Waals surface area contributed by atoms with Crippen molar-refractivity contribution in [1.82, 2.24) is 0 Å². The number of rotatable bonds is 1. The van der Waals surface area contributed by atoms with Crippen LogP contribution in [0.15, 0.2) is 42.5 Å². The maximum Gasteiger partial charge on any atom is 0.125 e. The summed E-state index contributed by atoms with van der Waals surface area (Å²) in [7, 11) is 0. The third-order valence-corrected chi connectivity index (χ3v) is 2.42. The highest BCUT2D eigenvalue weighted by atomic mass is 35.5. The second kappa shape index (κ2) is 3.91. The normalized spacial score (nSPS) is 10.3. The summed E-state index contributed by atoms with van der Waals surface area (Å²) in [5.41, 5.74) is 7.89. The molecule has 2 aromatic carbocycles. The smallest absolute Gasteiger partial charge is 0.125 e. The van der Waals surface area contributed by atoms with Gasteiger partial charge in [-0.05, 0) is 35.9 Å². The van der Waals surface area contributed by atoms with Crippen LogP contribution in [0, 0.1) is 5.82 Å². The minimum absolute atomic E-state index is 0.329. The predicted octanol–water partition coefficient (Wildman–Crippen LogP) is 3.73. The lowest BCUT2D eigenvalue weighted by atomic mass is 10.0. The maximum absolute atomic E-state index is 12.8. The molecule has 0 radical (unpaired) electrons. The molecule has 76 valence electrons. The van der Waals surface area contributed by atoms with Crippen LogP contribution in [0.3, 0.4) is 0 Å². The summed E-state index contributed by atoms with van der Waals surface area (Å²) in [6, 6.07) is 11.6. The Morgan fingerprint density at radius 3 is 2.27 bits per heavy atom. The topological polar surface area (TPSA) is 26.0 Å². The zero-order valence-corrected chi connectivity index (χ0v) is 8.63. The van der Waals surface area contributed by atoms with Crippen LogP contribution < -0.4 is 5.73 Å². The van der Waals surface area contributed by atoms with E-state index in [1.807, 2.05) is 12.1 Å². The average molecular weight is 222 g/mol. The molecule has 1 nitrogen and oxygen atoms in total. The van der Waals surface area contributed by atoms with E-state index < -0.39 is 0 Å². The van der Waals surface area contributed by atoms with Crippen molar-refractivity contribution >= 4 is 17.3 Å². The first kappa shape index (κ1) is 9.99. The SMILES string of the molecule is Nc1cc(F)ccc1-c1ccc(Cl)cc1. The fourth-order valence-electron chi connectivity index (χ4n) is 1.43. The molecular formula is C12H9ClFN. The van der Waals surface area contributed by atoms with E-state index in [0.29, 0.717) is 10.7 Å². The molecule has 0 spiro atoms. The molecule has 0 atom stereocenters. The zero-order chi connectivity index (χ0) is 10.8. The largest absolute Gasteiger partial charge is 0.398 e. The number of hydrogen-bond acceptors (Lipinski definition) is 1. The monoisotopic (exact) mass is 221 g/mol. The number of benzene rings is 2. The molecule has 2 N–H and O–H groups in total. The van der Waals surface area contributed by atoms with E-state index >= 15 is 0 Å². The van der Waals surface area contributed by atoms with Gasteiger partial charge in [0.05, 0.1) is 0 Å². The Labute approximate surface area is 92.3 Å². The molecule has 0 amide bonds. The molecule has 0 aliphatic heterocycles. The zero-order valence-electron chi connectivity index (χ0n) is 7.87. The fourth-order valence-corrected chi connectivity index (χ4v) is 1.55. The van der Waals surface area contributed by atoms with Gasteiger partial charge in [0.1, 0.15) is 5.82 Å².